The fourth-order valence-electron chi connectivity index (χ4n) is 2.67. The van der Waals surface area contributed by atoms with Crippen LogP contribution in [0.2, 0.25) is 0 Å². The number of nitrogens with one attached hydrogen (secondary N) is 2. The van der Waals surface area contributed by atoms with E-state index in [0.717, 1.165) is 16.7 Å². The van der Waals surface area contributed by atoms with Crippen molar-refractivity contribution in [3.63, 3.8) is 0 Å². The Morgan fingerprint density at radius 3 is 2.00 bits per heavy atom. The number of thioether (sulfide) groups is 1. The molecule has 138 valence electrons. The highest BCUT2D eigenvalue weighted by atomic mass is 32.2. The van der Waals surface area contributed by atoms with Gasteiger partial charge in [0.2, 0.25) is 5.91 Å². The van der Waals surface area contributed by atoms with Gasteiger partial charge in [-0.15, -0.1) is 11.8 Å². The molecule has 3 aromatic rings. The molecule has 0 radical (unpaired) electrons. The molecule has 1 amide bonds. The van der Waals surface area contributed by atoms with Crippen LogP contribution in [0.5, 0.6) is 0 Å². The number of hydrogen-bond acceptors (Lipinski definition) is 5. The van der Waals surface area contributed by atoms with Gasteiger partial charge in [0.05, 0.1) is 0 Å². The summed E-state index contributed by atoms with van der Waals surface area (Å²) in [6.45, 7) is 1.05. The molecule has 2 N–H and O–H groups in total. The molecular weight excluding hydrogens is 356 g/mol. The molecular formula is C21H22N4OS. The maximum Gasteiger partial charge on any atom is 0.242 e. The molecule has 3 rings (SSSR count). The summed E-state index contributed by atoms with van der Waals surface area (Å²) >= 11 is 1.68. The van der Waals surface area contributed by atoms with Gasteiger partial charge in [0.1, 0.15) is 6.04 Å². The first kappa shape index (κ1) is 19.1. The summed E-state index contributed by atoms with van der Waals surface area (Å²) in [6.07, 6.45) is 8.99. The first-order valence-electron chi connectivity index (χ1n) is 8.69. The molecule has 1 unspecified atom stereocenters. The van der Waals surface area contributed by atoms with Crippen molar-refractivity contribution >= 4 is 17.7 Å². The van der Waals surface area contributed by atoms with Crippen LogP contribution in [-0.4, -0.2) is 22.1 Å². The molecule has 2 heterocycles. The van der Waals surface area contributed by atoms with Crippen molar-refractivity contribution in [1.82, 2.24) is 20.6 Å². The molecule has 0 bridgehead atoms. The van der Waals surface area contributed by atoms with E-state index < -0.39 is 6.04 Å². The molecule has 27 heavy (non-hydrogen) atoms. The average molecular weight is 379 g/mol. The van der Waals surface area contributed by atoms with Crippen LogP contribution >= 0.6 is 11.8 Å². The quantitative estimate of drug-likeness (QED) is 0.589. The Balaban J connectivity index is 1.72. The van der Waals surface area contributed by atoms with E-state index in [9.17, 15) is 4.79 Å². The maximum absolute atomic E-state index is 12.9. The lowest BCUT2D eigenvalue weighted by molar-refractivity contribution is -0.123. The average Bonchev–Trinajstić information content (AvgIpc) is 2.74. The fourth-order valence-corrected chi connectivity index (χ4v) is 3.08. The summed E-state index contributed by atoms with van der Waals surface area (Å²) in [4.78, 5) is 22.1. The molecule has 1 atom stereocenters. The van der Waals surface area contributed by atoms with Crippen molar-refractivity contribution < 1.29 is 4.79 Å². The first-order chi connectivity index (χ1) is 13.3. The van der Waals surface area contributed by atoms with E-state index >= 15 is 0 Å². The van der Waals surface area contributed by atoms with Crippen LogP contribution in [0.1, 0.15) is 22.7 Å². The Bertz CT molecular complexity index is 841. The Morgan fingerprint density at radius 1 is 0.889 bits per heavy atom. The molecule has 2 aromatic heterocycles. The Labute approximate surface area is 163 Å². The number of nitrogens with zero attached hydrogens (tertiary/aromatic N) is 2. The normalized spacial score (nSPS) is 11.7. The first-order valence-corrected chi connectivity index (χ1v) is 9.91. The third kappa shape index (κ3) is 5.64. The molecule has 0 spiro atoms. The highest BCUT2D eigenvalue weighted by Crippen LogP contribution is 2.20. The monoisotopic (exact) mass is 378 g/mol. The summed E-state index contributed by atoms with van der Waals surface area (Å²) in [5, 5.41) is 6.38. The topological polar surface area (TPSA) is 66.9 Å². The lowest BCUT2D eigenvalue weighted by atomic mass is 10.1. The SMILES string of the molecule is CSc1ccc(C(NCc2ccncc2)C(=O)NCc2ccncc2)cc1. The molecule has 0 fully saturated rings. The molecule has 0 saturated carbocycles. The molecule has 0 aliphatic carbocycles. The van der Waals surface area contributed by atoms with Gasteiger partial charge in [-0.2, -0.15) is 0 Å². The zero-order valence-electron chi connectivity index (χ0n) is 15.1. The zero-order valence-corrected chi connectivity index (χ0v) is 15.9. The lowest BCUT2D eigenvalue weighted by Gasteiger charge is -2.19. The van der Waals surface area contributed by atoms with Crippen LogP contribution < -0.4 is 10.6 Å². The van der Waals surface area contributed by atoms with Gasteiger partial charge in [-0.1, -0.05) is 12.1 Å². The number of hydrogen-bond donors (Lipinski definition) is 2. The Morgan fingerprint density at radius 2 is 1.44 bits per heavy atom. The van der Waals surface area contributed by atoms with E-state index in [1.54, 1.807) is 36.5 Å². The lowest BCUT2D eigenvalue weighted by Crippen LogP contribution is -2.37. The van der Waals surface area contributed by atoms with Gasteiger partial charge in [0, 0.05) is 42.8 Å². The van der Waals surface area contributed by atoms with E-state index in [1.807, 2.05) is 54.8 Å². The number of aromatic nitrogens is 2. The van der Waals surface area contributed by atoms with E-state index in [1.165, 1.54) is 4.90 Å². The molecule has 0 aliphatic rings. The van der Waals surface area contributed by atoms with E-state index in [-0.39, 0.29) is 5.91 Å². The van der Waals surface area contributed by atoms with E-state index in [4.69, 9.17) is 0 Å². The number of carbonyl (C=O) groups excluding carboxylic acids is 1. The van der Waals surface area contributed by atoms with E-state index in [2.05, 4.69) is 20.6 Å². The highest BCUT2D eigenvalue weighted by molar-refractivity contribution is 7.98. The van der Waals surface area contributed by atoms with Crippen LogP contribution in [0.15, 0.2) is 78.2 Å². The Hall–Kier alpha value is -2.70. The summed E-state index contributed by atoms with van der Waals surface area (Å²) in [6, 6.07) is 15.3. The van der Waals surface area contributed by atoms with Crippen molar-refractivity contribution in [2.45, 2.75) is 24.0 Å². The predicted octanol–water partition coefficient (Wildman–Crippen LogP) is 3.35. The van der Waals surface area contributed by atoms with Gasteiger partial charge in [0.25, 0.3) is 0 Å². The fraction of sp³-hybridized carbons (Fsp3) is 0.190. The van der Waals surface area contributed by atoms with Crippen molar-refractivity contribution in [3.05, 3.63) is 90.0 Å². The van der Waals surface area contributed by atoms with Crippen molar-refractivity contribution in [2.75, 3.05) is 6.26 Å². The number of amides is 1. The minimum Gasteiger partial charge on any atom is -0.350 e. The second kappa shape index (κ2) is 9.85. The molecule has 1 aromatic carbocycles. The van der Waals surface area contributed by atoms with Crippen LogP contribution in [0.25, 0.3) is 0 Å². The third-order valence-electron chi connectivity index (χ3n) is 4.19. The van der Waals surface area contributed by atoms with Gasteiger partial charge < -0.3 is 5.32 Å². The van der Waals surface area contributed by atoms with E-state index in [0.29, 0.717) is 13.1 Å². The number of pyridine rings is 2. The maximum atomic E-state index is 12.9. The number of carbonyl (C=O) groups is 1. The zero-order chi connectivity index (χ0) is 18.9. The second-order valence-electron chi connectivity index (χ2n) is 6.02. The standard InChI is InChI=1S/C21H22N4OS/c1-27-19-4-2-18(3-5-19)20(24-14-16-6-10-22-11-7-16)21(26)25-15-17-8-12-23-13-9-17/h2-13,20,24H,14-15H2,1H3,(H,25,26). The van der Waals surface area contributed by atoms with Gasteiger partial charge in [-0.05, 0) is 59.3 Å². The number of rotatable bonds is 8. The van der Waals surface area contributed by atoms with Crippen LogP contribution in [-0.2, 0) is 17.9 Å². The molecule has 0 aliphatic heterocycles. The summed E-state index contributed by atoms with van der Waals surface area (Å²) in [7, 11) is 0. The Kier molecular flexibility index (Phi) is 6.96. The van der Waals surface area contributed by atoms with Crippen LogP contribution in [0, 0.1) is 0 Å². The summed E-state index contributed by atoms with van der Waals surface area (Å²) in [5.41, 5.74) is 3.04. The van der Waals surface area contributed by atoms with Gasteiger partial charge >= 0.3 is 0 Å². The van der Waals surface area contributed by atoms with Crippen molar-refractivity contribution in [1.29, 1.82) is 0 Å². The van der Waals surface area contributed by atoms with Crippen molar-refractivity contribution in [3.8, 4) is 0 Å². The highest BCUT2D eigenvalue weighted by Gasteiger charge is 2.20. The van der Waals surface area contributed by atoms with Crippen molar-refractivity contribution in [2.24, 2.45) is 0 Å². The molecule has 5 nitrogen and oxygen atoms in total. The minimum atomic E-state index is -0.434. The summed E-state index contributed by atoms with van der Waals surface area (Å²) in [5.74, 6) is -0.0576. The van der Waals surface area contributed by atoms with Crippen LogP contribution in [0.3, 0.4) is 0 Å². The molecule has 0 saturated heterocycles. The van der Waals surface area contributed by atoms with Crippen LogP contribution in [0.4, 0.5) is 0 Å². The third-order valence-corrected chi connectivity index (χ3v) is 4.93. The molecule has 6 heteroatoms. The minimum absolute atomic E-state index is 0.0576. The second-order valence-corrected chi connectivity index (χ2v) is 6.90. The van der Waals surface area contributed by atoms with Gasteiger partial charge in [-0.25, -0.2) is 0 Å². The number of benzene rings is 1. The largest absolute Gasteiger partial charge is 0.350 e. The van der Waals surface area contributed by atoms with Gasteiger partial charge in [-0.3, -0.25) is 20.1 Å². The van der Waals surface area contributed by atoms with Gasteiger partial charge in [0.15, 0.2) is 0 Å². The smallest absolute Gasteiger partial charge is 0.242 e. The summed E-state index contributed by atoms with van der Waals surface area (Å²) < 4.78 is 0. The predicted molar refractivity (Wildman–Crippen MR) is 108 cm³/mol.